The standard InChI is InChI=1S/C19H16ClNO5/c1-11(18(22)21-14-10-13(20)7-8-16(14)24-2)25-19(23)17-9-12-5-3-4-6-15(12)26-17/h3-11H,1-2H3,(H,21,22)/t11-/m0/s1. The zero-order valence-electron chi connectivity index (χ0n) is 14.1. The van der Waals surface area contributed by atoms with Crippen LogP contribution in [0, 0.1) is 0 Å². The summed E-state index contributed by atoms with van der Waals surface area (Å²) in [7, 11) is 1.48. The molecule has 6 nitrogen and oxygen atoms in total. The fourth-order valence-electron chi connectivity index (χ4n) is 2.37. The number of methoxy groups -OCH3 is 1. The molecule has 0 unspecified atom stereocenters. The Kier molecular flexibility index (Phi) is 5.14. The predicted molar refractivity (Wildman–Crippen MR) is 97.7 cm³/mol. The summed E-state index contributed by atoms with van der Waals surface area (Å²) in [6.07, 6.45) is -1.04. The molecule has 26 heavy (non-hydrogen) atoms. The van der Waals surface area contributed by atoms with Gasteiger partial charge in [0, 0.05) is 10.4 Å². The van der Waals surface area contributed by atoms with Crippen LogP contribution in [0.25, 0.3) is 11.0 Å². The van der Waals surface area contributed by atoms with Gasteiger partial charge in [0.05, 0.1) is 12.8 Å². The van der Waals surface area contributed by atoms with Crippen molar-refractivity contribution < 1.29 is 23.5 Å². The lowest BCUT2D eigenvalue weighted by Gasteiger charge is -2.14. The molecule has 1 aromatic heterocycles. The van der Waals surface area contributed by atoms with Crippen LogP contribution in [0.2, 0.25) is 5.02 Å². The number of para-hydroxylation sites is 1. The molecule has 1 atom stereocenters. The molecule has 0 spiro atoms. The van der Waals surface area contributed by atoms with E-state index in [4.69, 9.17) is 25.5 Å². The van der Waals surface area contributed by atoms with E-state index >= 15 is 0 Å². The van der Waals surface area contributed by atoms with E-state index in [9.17, 15) is 9.59 Å². The summed E-state index contributed by atoms with van der Waals surface area (Å²) in [5.74, 6) is -0.762. The lowest BCUT2D eigenvalue weighted by Crippen LogP contribution is -2.30. The molecule has 0 fully saturated rings. The van der Waals surface area contributed by atoms with Crippen molar-refractivity contribution in [3.63, 3.8) is 0 Å². The molecule has 3 aromatic rings. The molecule has 134 valence electrons. The molecule has 7 heteroatoms. The first kappa shape index (κ1) is 17.8. The van der Waals surface area contributed by atoms with E-state index in [1.54, 1.807) is 36.4 Å². The zero-order chi connectivity index (χ0) is 18.7. The van der Waals surface area contributed by atoms with Crippen molar-refractivity contribution in [2.75, 3.05) is 12.4 Å². The van der Waals surface area contributed by atoms with Gasteiger partial charge in [0.25, 0.3) is 5.91 Å². The van der Waals surface area contributed by atoms with E-state index < -0.39 is 18.0 Å². The van der Waals surface area contributed by atoms with Crippen LogP contribution in [0.15, 0.2) is 52.9 Å². The van der Waals surface area contributed by atoms with Crippen molar-refractivity contribution in [1.29, 1.82) is 0 Å². The minimum Gasteiger partial charge on any atom is -0.495 e. The second-order valence-electron chi connectivity index (χ2n) is 5.53. The number of ether oxygens (including phenoxy) is 2. The van der Waals surface area contributed by atoms with Crippen molar-refractivity contribution in [2.45, 2.75) is 13.0 Å². The zero-order valence-corrected chi connectivity index (χ0v) is 14.9. The number of esters is 1. The van der Waals surface area contributed by atoms with Crippen LogP contribution in [0.3, 0.4) is 0 Å². The maximum atomic E-state index is 12.3. The number of carbonyl (C=O) groups is 2. The van der Waals surface area contributed by atoms with E-state index in [2.05, 4.69) is 5.32 Å². The number of fused-ring (bicyclic) bond motifs is 1. The Morgan fingerprint density at radius 2 is 1.92 bits per heavy atom. The van der Waals surface area contributed by atoms with Gasteiger partial charge in [-0.2, -0.15) is 0 Å². The minimum absolute atomic E-state index is 0.0335. The maximum absolute atomic E-state index is 12.3. The molecule has 1 N–H and O–H groups in total. The Morgan fingerprint density at radius 3 is 2.65 bits per heavy atom. The molecule has 0 bridgehead atoms. The number of amides is 1. The molecule has 0 saturated carbocycles. The van der Waals surface area contributed by atoms with Crippen LogP contribution >= 0.6 is 11.6 Å². The van der Waals surface area contributed by atoms with Gasteiger partial charge in [0.2, 0.25) is 5.76 Å². The SMILES string of the molecule is COc1ccc(Cl)cc1NC(=O)[C@H](C)OC(=O)c1cc2ccccc2o1. The van der Waals surface area contributed by atoms with Crippen molar-refractivity contribution in [2.24, 2.45) is 0 Å². The third-order valence-corrected chi connectivity index (χ3v) is 3.93. The topological polar surface area (TPSA) is 77.8 Å². The highest BCUT2D eigenvalue weighted by molar-refractivity contribution is 6.31. The first-order valence-electron chi connectivity index (χ1n) is 7.82. The molecule has 1 heterocycles. The Hall–Kier alpha value is -2.99. The van der Waals surface area contributed by atoms with Crippen molar-refractivity contribution >= 4 is 40.1 Å². The third-order valence-electron chi connectivity index (χ3n) is 3.70. The van der Waals surface area contributed by atoms with Crippen molar-refractivity contribution in [3.8, 4) is 5.75 Å². The van der Waals surface area contributed by atoms with Crippen LogP contribution in [-0.2, 0) is 9.53 Å². The van der Waals surface area contributed by atoms with Gasteiger partial charge < -0.3 is 19.2 Å². The number of hydrogen-bond donors (Lipinski definition) is 1. The van der Waals surface area contributed by atoms with Crippen LogP contribution in [-0.4, -0.2) is 25.1 Å². The van der Waals surface area contributed by atoms with E-state index in [-0.39, 0.29) is 5.76 Å². The second-order valence-corrected chi connectivity index (χ2v) is 5.97. The van der Waals surface area contributed by atoms with E-state index in [1.165, 1.54) is 14.0 Å². The highest BCUT2D eigenvalue weighted by atomic mass is 35.5. The van der Waals surface area contributed by atoms with Crippen molar-refractivity contribution in [3.05, 3.63) is 59.3 Å². The lowest BCUT2D eigenvalue weighted by atomic mass is 10.2. The second kappa shape index (κ2) is 7.49. The van der Waals surface area contributed by atoms with Crippen LogP contribution in [0.1, 0.15) is 17.5 Å². The van der Waals surface area contributed by atoms with Gasteiger partial charge in [-0.3, -0.25) is 4.79 Å². The Morgan fingerprint density at radius 1 is 1.15 bits per heavy atom. The summed E-state index contributed by atoms with van der Waals surface area (Å²) < 4.78 is 15.8. The number of nitrogens with one attached hydrogen (secondary N) is 1. The smallest absolute Gasteiger partial charge is 0.375 e. The number of halogens is 1. The number of anilines is 1. The van der Waals surface area contributed by atoms with Crippen LogP contribution in [0.5, 0.6) is 5.75 Å². The highest BCUT2D eigenvalue weighted by Crippen LogP contribution is 2.28. The number of rotatable bonds is 5. The van der Waals surface area contributed by atoms with Gasteiger partial charge >= 0.3 is 5.97 Å². The summed E-state index contributed by atoms with van der Waals surface area (Å²) >= 11 is 5.94. The molecule has 0 aliphatic rings. The summed E-state index contributed by atoms with van der Waals surface area (Å²) in [5.41, 5.74) is 0.955. The molecule has 0 radical (unpaired) electrons. The predicted octanol–water partition coefficient (Wildman–Crippen LogP) is 4.28. The van der Waals surface area contributed by atoms with Crippen LogP contribution in [0.4, 0.5) is 5.69 Å². The van der Waals surface area contributed by atoms with Gasteiger partial charge in [0.1, 0.15) is 11.3 Å². The van der Waals surface area contributed by atoms with Gasteiger partial charge in [-0.25, -0.2) is 4.79 Å². The van der Waals surface area contributed by atoms with E-state index in [1.807, 2.05) is 12.1 Å². The highest BCUT2D eigenvalue weighted by Gasteiger charge is 2.22. The molecule has 2 aromatic carbocycles. The summed E-state index contributed by atoms with van der Waals surface area (Å²) in [6.45, 7) is 1.47. The first-order valence-corrected chi connectivity index (χ1v) is 8.19. The summed E-state index contributed by atoms with van der Waals surface area (Å²) in [4.78, 5) is 24.5. The maximum Gasteiger partial charge on any atom is 0.375 e. The average Bonchev–Trinajstić information content (AvgIpc) is 3.06. The van der Waals surface area contributed by atoms with Crippen molar-refractivity contribution in [1.82, 2.24) is 0 Å². The summed E-state index contributed by atoms with van der Waals surface area (Å²) in [5, 5.41) is 3.85. The Bertz CT molecular complexity index is 932. The van der Waals surface area contributed by atoms with Gasteiger partial charge in [-0.15, -0.1) is 0 Å². The largest absolute Gasteiger partial charge is 0.495 e. The minimum atomic E-state index is -1.04. The molecule has 3 rings (SSSR count). The summed E-state index contributed by atoms with van der Waals surface area (Å²) in [6, 6.07) is 13.6. The number of carbonyl (C=O) groups excluding carboxylic acids is 2. The first-order chi connectivity index (χ1) is 12.5. The normalized spacial score (nSPS) is 11.8. The number of hydrogen-bond acceptors (Lipinski definition) is 5. The molecular weight excluding hydrogens is 358 g/mol. The van der Waals surface area contributed by atoms with Gasteiger partial charge in [0.15, 0.2) is 6.10 Å². The quantitative estimate of drug-likeness (QED) is 0.675. The molecule has 0 saturated heterocycles. The third kappa shape index (κ3) is 3.81. The van der Waals surface area contributed by atoms with Gasteiger partial charge in [-0.05, 0) is 37.3 Å². The van der Waals surface area contributed by atoms with E-state index in [0.717, 1.165) is 5.39 Å². The Balaban J connectivity index is 1.69. The van der Waals surface area contributed by atoms with Gasteiger partial charge in [-0.1, -0.05) is 29.8 Å². The fourth-order valence-corrected chi connectivity index (χ4v) is 2.54. The average molecular weight is 374 g/mol. The fraction of sp³-hybridized carbons (Fsp3) is 0.158. The molecule has 1 amide bonds. The monoisotopic (exact) mass is 373 g/mol. The molecular formula is C19H16ClNO5. The molecule has 0 aliphatic carbocycles. The number of benzene rings is 2. The van der Waals surface area contributed by atoms with Crippen LogP contribution < -0.4 is 10.1 Å². The Labute approximate surface area is 154 Å². The lowest BCUT2D eigenvalue weighted by molar-refractivity contribution is -0.123. The number of furan rings is 1. The van der Waals surface area contributed by atoms with E-state index in [0.29, 0.717) is 22.0 Å². The molecule has 0 aliphatic heterocycles.